The van der Waals surface area contributed by atoms with Gasteiger partial charge < -0.3 is 14.6 Å². The molecule has 16 heavy (non-hydrogen) atoms. The average molecular weight is 224 g/mol. The number of para-hydroxylation sites is 1. The summed E-state index contributed by atoms with van der Waals surface area (Å²) >= 11 is 0. The second-order valence-corrected chi connectivity index (χ2v) is 3.35. The van der Waals surface area contributed by atoms with Crippen molar-refractivity contribution in [3.8, 4) is 5.75 Å². The summed E-state index contributed by atoms with van der Waals surface area (Å²) in [5, 5.41) is 9.80. The summed E-state index contributed by atoms with van der Waals surface area (Å²) < 4.78 is 9.91. The molecule has 0 saturated carbocycles. The second kappa shape index (κ2) is 5.51. The number of carbonyl (C=O) groups is 1. The minimum atomic E-state index is -1.30. The van der Waals surface area contributed by atoms with Crippen LogP contribution in [0.4, 0.5) is 0 Å². The van der Waals surface area contributed by atoms with Gasteiger partial charge in [0.1, 0.15) is 5.75 Å². The fourth-order valence-electron chi connectivity index (χ4n) is 1.52. The Morgan fingerprint density at radius 2 is 2.19 bits per heavy atom. The maximum atomic E-state index is 11.4. The van der Waals surface area contributed by atoms with E-state index in [2.05, 4.69) is 0 Å². The van der Waals surface area contributed by atoms with Gasteiger partial charge in [0.05, 0.1) is 13.7 Å². The smallest absolute Gasteiger partial charge is 0.339 e. The molecule has 88 valence electrons. The summed E-state index contributed by atoms with van der Waals surface area (Å²) in [5.74, 6) is -0.144. The fourth-order valence-corrected chi connectivity index (χ4v) is 1.52. The van der Waals surface area contributed by atoms with Gasteiger partial charge in [0.2, 0.25) is 0 Å². The fraction of sp³-hybridized carbons (Fsp3) is 0.417. The van der Waals surface area contributed by atoms with Crippen molar-refractivity contribution < 1.29 is 19.4 Å². The van der Waals surface area contributed by atoms with E-state index in [1.807, 2.05) is 13.0 Å². The summed E-state index contributed by atoms with van der Waals surface area (Å²) in [6, 6.07) is 5.25. The number of hydrogen-bond acceptors (Lipinski definition) is 4. The van der Waals surface area contributed by atoms with Crippen molar-refractivity contribution in [3.63, 3.8) is 0 Å². The summed E-state index contributed by atoms with van der Waals surface area (Å²) in [5.41, 5.74) is 1.30. The molecule has 1 N–H and O–H groups in total. The SMILES string of the molecule is CCOC(=O)C(O)c1cccc(C)c1OC. The zero-order valence-corrected chi connectivity index (χ0v) is 9.69. The first-order valence-corrected chi connectivity index (χ1v) is 5.10. The molecule has 1 atom stereocenters. The van der Waals surface area contributed by atoms with Gasteiger partial charge in [-0.15, -0.1) is 0 Å². The molecule has 0 spiro atoms. The van der Waals surface area contributed by atoms with Crippen LogP contribution in [-0.2, 0) is 9.53 Å². The van der Waals surface area contributed by atoms with Gasteiger partial charge >= 0.3 is 5.97 Å². The Labute approximate surface area is 94.8 Å². The maximum Gasteiger partial charge on any atom is 0.339 e. The zero-order valence-electron chi connectivity index (χ0n) is 9.69. The van der Waals surface area contributed by atoms with E-state index in [0.29, 0.717) is 11.3 Å². The lowest BCUT2D eigenvalue weighted by Crippen LogP contribution is -2.16. The number of hydrogen-bond donors (Lipinski definition) is 1. The van der Waals surface area contributed by atoms with Crippen LogP contribution in [0.15, 0.2) is 18.2 Å². The number of aliphatic hydroxyl groups is 1. The molecule has 0 aliphatic carbocycles. The molecule has 0 aliphatic heterocycles. The average Bonchev–Trinajstić information content (AvgIpc) is 2.28. The van der Waals surface area contributed by atoms with Gasteiger partial charge in [-0.2, -0.15) is 0 Å². The molecule has 4 nitrogen and oxygen atoms in total. The number of ether oxygens (including phenoxy) is 2. The molecule has 1 rings (SSSR count). The van der Waals surface area contributed by atoms with Gasteiger partial charge in [-0.25, -0.2) is 4.79 Å². The van der Waals surface area contributed by atoms with Gasteiger partial charge in [-0.3, -0.25) is 0 Å². The van der Waals surface area contributed by atoms with E-state index in [1.165, 1.54) is 7.11 Å². The molecule has 0 amide bonds. The standard InChI is InChI=1S/C12H16O4/c1-4-16-12(14)10(13)9-7-5-6-8(2)11(9)15-3/h5-7,10,13H,4H2,1-3H3. The number of esters is 1. The number of aryl methyl sites for hydroxylation is 1. The molecule has 0 aliphatic rings. The quantitative estimate of drug-likeness (QED) is 0.789. The van der Waals surface area contributed by atoms with Gasteiger partial charge in [0.25, 0.3) is 0 Å². The van der Waals surface area contributed by atoms with Gasteiger partial charge in [0, 0.05) is 5.56 Å². The maximum absolute atomic E-state index is 11.4. The van der Waals surface area contributed by atoms with E-state index in [-0.39, 0.29) is 6.61 Å². The van der Waals surface area contributed by atoms with Gasteiger partial charge in [-0.05, 0) is 19.4 Å². The summed E-state index contributed by atoms with van der Waals surface area (Å²) in [7, 11) is 1.50. The molecule has 1 aromatic carbocycles. The first kappa shape index (κ1) is 12.5. The van der Waals surface area contributed by atoms with E-state index < -0.39 is 12.1 Å². The molecule has 0 saturated heterocycles. The Kier molecular flexibility index (Phi) is 4.31. The molecular formula is C12H16O4. The molecule has 1 unspecified atom stereocenters. The van der Waals surface area contributed by atoms with Crippen molar-refractivity contribution in [2.24, 2.45) is 0 Å². The lowest BCUT2D eigenvalue weighted by atomic mass is 10.0. The van der Waals surface area contributed by atoms with Crippen LogP contribution in [0, 0.1) is 6.92 Å². The minimum Gasteiger partial charge on any atom is -0.496 e. The number of methoxy groups -OCH3 is 1. The van der Waals surface area contributed by atoms with E-state index in [9.17, 15) is 9.90 Å². The molecule has 0 heterocycles. The molecule has 0 bridgehead atoms. The van der Waals surface area contributed by atoms with Crippen LogP contribution in [0.2, 0.25) is 0 Å². The highest BCUT2D eigenvalue weighted by Gasteiger charge is 2.22. The van der Waals surface area contributed by atoms with Gasteiger partial charge in [-0.1, -0.05) is 18.2 Å². The van der Waals surface area contributed by atoms with Crippen LogP contribution in [0.5, 0.6) is 5.75 Å². The molecule has 0 radical (unpaired) electrons. The molecule has 0 aromatic heterocycles. The van der Waals surface area contributed by atoms with Crippen molar-refractivity contribution in [3.05, 3.63) is 29.3 Å². The third-order valence-corrected chi connectivity index (χ3v) is 2.25. The van der Waals surface area contributed by atoms with Crippen LogP contribution in [0.3, 0.4) is 0 Å². The number of aliphatic hydroxyl groups excluding tert-OH is 1. The van der Waals surface area contributed by atoms with E-state index >= 15 is 0 Å². The van der Waals surface area contributed by atoms with Crippen LogP contribution in [-0.4, -0.2) is 24.8 Å². The van der Waals surface area contributed by atoms with Crippen molar-refractivity contribution in [2.75, 3.05) is 13.7 Å². The van der Waals surface area contributed by atoms with Crippen LogP contribution in [0.25, 0.3) is 0 Å². The highest BCUT2D eigenvalue weighted by atomic mass is 16.5. The zero-order chi connectivity index (χ0) is 12.1. The van der Waals surface area contributed by atoms with E-state index in [4.69, 9.17) is 9.47 Å². The van der Waals surface area contributed by atoms with Crippen molar-refractivity contribution in [2.45, 2.75) is 20.0 Å². The lowest BCUT2D eigenvalue weighted by Gasteiger charge is -2.15. The predicted octanol–water partition coefficient (Wildman–Crippen LogP) is 1.60. The Bertz CT molecular complexity index is 373. The highest BCUT2D eigenvalue weighted by Crippen LogP contribution is 2.29. The summed E-state index contributed by atoms with van der Waals surface area (Å²) in [4.78, 5) is 11.4. The number of benzene rings is 1. The molecule has 4 heteroatoms. The highest BCUT2D eigenvalue weighted by molar-refractivity contribution is 5.77. The van der Waals surface area contributed by atoms with Crippen LogP contribution < -0.4 is 4.74 Å². The number of rotatable bonds is 4. The second-order valence-electron chi connectivity index (χ2n) is 3.35. The Morgan fingerprint density at radius 3 is 2.75 bits per heavy atom. The Morgan fingerprint density at radius 1 is 1.50 bits per heavy atom. The normalized spacial score (nSPS) is 12.0. The van der Waals surface area contributed by atoms with E-state index in [1.54, 1.807) is 19.1 Å². The summed E-state index contributed by atoms with van der Waals surface area (Å²) in [6.45, 7) is 3.78. The molecule has 0 fully saturated rings. The third kappa shape index (κ3) is 2.52. The first-order chi connectivity index (χ1) is 7.61. The number of carbonyl (C=O) groups excluding carboxylic acids is 1. The monoisotopic (exact) mass is 224 g/mol. The van der Waals surface area contributed by atoms with Crippen molar-refractivity contribution in [1.82, 2.24) is 0 Å². The molecule has 1 aromatic rings. The topological polar surface area (TPSA) is 55.8 Å². The first-order valence-electron chi connectivity index (χ1n) is 5.10. The minimum absolute atomic E-state index is 0.240. The van der Waals surface area contributed by atoms with Gasteiger partial charge in [0.15, 0.2) is 6.10 Å². The van der Waals surface area contributed by atoms with E-state index in [0.717, 1.165) is 5.56 Å². The summed E-state index contributed by atoms with van der Waals surface area (Å²) in [6.07, 6.45) is -1.30. The Balaban J connectivity index is 3.03. The predicted molar refractivity (Wildman–Crippen MR) is 59.3 cm³/mol. The third-order valence-electron chi connectivity index (χ3n) is 2.25. The van der Waals surface area contributed by atoms with Crippen LogP contribution in [0.1, 0.15) is 24.2 Å². The Hall–Kier alpha value is -1.55. The van der Waals surface area contributed by atoms with Crippen molar-refractivity contribution in [1.29, 1.82) is 0 Å². The van der Waals surface area contributed by atoms with Crippen LogP contribution >= 0.6 is 0 Å². The van der Waals surface area contributed by atoms with Crippen molar-refractivity contribution >= 4 is 5.97 Å². The lowest BCUT2D eigenvalue weighted by molar-refractivity contribution is -0.153. The molecular weight excluding hydrogens is 208 g/mol. The largest absolute Gasteiger partial charge is 0.496 e.